The smallest absolute Gasteiger partial charge is 0.264 e. The number of anilines is 1. The van der Waals surface area contributed by atoms with Gasteiger partial charge in [-0.05, 0) is 61.4 Å². The van der Waals surface area contributed by atoms with E-state index in [0.29, 0.717) is 10.7 Å². The Bertz CT molecular complexity index is 849. The number of carbonyl (C=O) groups excluding carboxylic acids is 1. The summed E-state index contributed by atoms with van der Waals surface area (Å²) in [5.41, 5.74) is 2.43. The van der Waals surface area contributed by atoms with E-state index in [4.69, 9.17) is 11.6 Å². The first-order chi connectivity index (χ1) is 11.3. The molecule has 0 aliphatic carbocycles. The van der Waals surface area contributed by atoms with E-state index in [1.165, 1.54) is 31.3 Å². The maximum absolute atomic E-state index is 13.0. The second kappa shape index (κ2) is 7.23. The van der Waals surface area contributed by atoms with Crippen molar-refractivity contribution < 1.29 is 13.2 Å². The monoisotopic (exact) mass is 366 g/mol. The minimum absolute atomic E-state index is 0.0778. The van der Waals surface area contributed by atoms with E-state index < -0.39 is 15.9 Å². The lowest BCUT2D eigenvalue weighted by Crippen LogP contribution is -2.39. The molecule has 0 heterocycles. The van der Waals surface area contributed by atoms with Crippen LogP contribution in [0.25, 0.3) is 0 Å². The maximum Gasteiger partial charge on any atom is 0.264 e. The van der Waals surface area contributed by atoms with Gasteiger partial charge in [0.2, 0.25) is 5.91 Å². The molecule has 0 saturated carbocycles. The van der Waals surface area contributed by atoms with Gasteiger partial charge < -0.3 is 5.32 Å². The number of likely N-dealkylation sites (N-methyl/N-ethyl adjacent to an activating group) is 1. The third kappa shape index (κ3) is 3.88. The molecular formula is C17H19ClN2O3S. The van der Waals surface area contributed by atoms with Crippen LogP contribution in [0.15, 0.2) is 47.4 Å². The van der Waals surface area contributed by atoms with Gasteiger partial charge in [0.05, 0.1) is 10.6 Å². The number of halogens is 1. The lowest BCUT2D eigenvalue weighted by molar-refractivity contribution is -0.119. The predicted molar refractivity (Wildman–Crippen MR) is 96.0 cm³/mol. The molecule has 0 radical (unpaired) electrons. The number of carbonyl (C=O) groups is 1. The van der Waals surface area contributed by atoms with Crippen LogP contribution in [-0.2, 0) is 14.8 Å². The zero-order valence-corrected chi connectivity index (χ0v) is 15.3. The second-order valence-electron chi connectivity index (χ2n) is 5.41. The SMILES string of the molecule is CNC(=O)CN(c1ccc(C)c(C)c1)S(=O)(=O)c1ccc(Cl)cc1. The van der Waals surface area contributed by atoms with Gasteiger partial charge in [0, 0.05) is 12.1 Å². The summed E-state index contributed by atoms with van der Waals surface area (Å²) in [6.45, 7) is 3.53. The number of aryl methyl sites for hydroxylation is 2. The van der Waals surface area contributed by atoms with Crippen molar-refractivity contribution >= 4 is 33.2 Å². The summed E-state index contributed by atoms with van der Waals surface area (Å²) < 4.78 is 27.1. The summed E-state index contributed by atoms with van der Waals surface area (Å²) in [6.07, 6.45) is 0. The number of rotatable bonds is 5. The summed E-state index contributed by atoms with van der Waals surface area (Å²) in [5, 5.41) is 2.90. The Morgan fingerprint density at radius 1 is 1.08 bits per heavy atom. The minimum Gasteiger partial charge on any atom is -0.358 e. The number of hydrogen-bond acceptors (Lipinski definition) is 3. The predicted octanol–water partition coefficient (Wildman–Crippen LogP) is 2.90. The van der Waals surface area contributed by atoms with Gasteiger partial charge in [0.25, 0.3) is 10.0 Å². The molecule has 0 bridgehead atoms. The van der Waals surface area contributed by atoms with Gasteiger partial charge in [-0.15, -0.1) is 0 Å². The molecule has 0 aliphatic heterocycles. The quantitative estimate of drug-likeness (QED) is 0.884. The molecule has 1 amide bonds. The van der Waals surface area contributed by atoms with E-state index in [2.05, 4.69) is 5.32 Å². The first-order valence-corrected chi connectivity index (χ1v) is 9.13. The van der Waals surface area contributed by atoms with Crippen LogP contribution >= 0.6 is 11.6 Å². The van der Waals surface area contributed by atoms with Gasteiger partial charge in [-0.2, -0.15) is 0 Å². The van der Waals surface area contributed by atoms with Crippen LogP contribution in [0.3, 0.4) is 0 Å². The lowest BCUT2D eigenvalue weighted by Gasteiger charge is -2.24. The number of nitrogens with one attached hydrogen (secondary N) is 1. The summed E-state index contributed by atoms with van der Waals surface area (Å²) in [7, 11) is -2.42. The fourth-order valence-corrected chi connectivity index (χ4v) is 3.68. The average Bonchev–Trinajstić information content (AvgIpc) is 2.55. The minimum atomic E-state index is -3.89. The van der Waals surface area contributed by atoms with E-state index in [1.807, 2.05) is 19.9 Å². The Balaban J connectivity index is 2.54. The van der Waals surface area contributed by atoms with Gasteiger partial charge in [-0.3, -0.25) is 9.10 Å². The molecule has 2 aromatic carbocycles. The van der Waals surface area contributed by atoms with Crippen LogP contribution in [-0.4, -0.2) is 27.9 Å². The normalized spacial score (nSPS) is 11.2. The molecule has 0 aromatic heterocycles. The van der Waals surface area contributed by atoms with Crippen LogP contribution in [0.5, 0.6) is 0 Å². The van der Waals surface area contributed by atoms with E-state index >= 15 is 0 Å². The first-order valence-electron chi connectivity index (χ1n) is 7.32. The maximum atomic E-state index is 13.0. The number of sulfonamides is 1. The van der Waals surface area contributed by atoms with Gasteiger partial charge in [0.1, 0.15) is 6.54 Å². The summed E-state index contributed by atoms with van der Waals surface area (Å²) in [6, 6.07) is 11.1. The van der Waals surface area contributed by atoms with Crippen LogP contribution in [0.1, 0.15) is 11.1 Å². The highest BCUT2D eigenvalue weighted by Crippen LogP contribution is 2.26. The Morgan fingerprint density at radius 3 is 2.25 bits per heavy atom. The van der Waals surface area contributed by atoms with Crippen molar-refractivity contribution in [2.45, 2.75) is 18.7 Å². The van der Waals surface area contributed by atoms with Crippen molar-refractivity contribution in [2.75, 3.05) is 17.9 Å². The molecule has 5 nitrogen and oxygen atoms in total. The molecule has 2 rings (SSSR count). The van der Waals surface area contributed by atoms with Crippen LogP contribution in [0.4, 0.5) is 5.69 Å². The molecule has 128 valence electrons. The van der Waals surface area contributed by atoms with Crippen molar-refractivity contribution in [3.8, 4) is 0 Å². The van der Waals surface area contributed by atoms with Gasteiger partial charge >= 0.3 is 0 Å². The van der Waals surface area contributed by atoms with E-state index in [-0.39, 0.29) is 11.4 Å². The molecule has 0 fully saturated rings. The number of hydrogen-bond donors (Lipinski definition) is 1. The van der Waals surface area contributed by atoms with E-state index in [0.717, 1.165) is 15.4 Å². The molecule has 24 heavy (non-hydrogen) atoms. The molecule has 0 spiro atoms. The third-order valence-electron chi connectivity index (χ3n) is 3.75. The molecule has 7 heteroatoms. The molecule has 0 unspecified atom stereocenters. The van der Waals surface area contributed by atoms with Crippen molar-refractivity contribution in [1.29, 1.82) is 0 Å². The van der Waals surface area contributed by atoms with Crippen LogP contribution in [0, 0.1) is 13.8 Å². The van der Waals surface area contributed by atoms with Crippen molar-refractivity contribution in [1.82, 2.24) is 5.32 Å². The van der Waals surface area contributed by atoms with Crippen LogP contribution in [0.2, 0.25) is 5.02 Å². The highest BCUT2D eigenvalue weighted by atomic mass is 35.5. The fraction of sp³-hybridized carbons (Fsp3) is 0.235. The molecule has 0 atom stereocenters. The molecule has 2 aromatic rings. The Hall–Kier alpha value is -2.05. The number of nitrogens with zero attached hydrogens (tertiary/aromatic N) is 1. The van der Waals surface area contributed by atoms with Crippen molar-refractivity contribution in [2.24, 2.45) is 0 Å². The fourth-order valence-electron chi connectivity index (χ4n) is 2.14. The summed E-state index contributed by atoms with van der Waals surface area (Å²) >= 11 is 5.83. The first kappa shape index (κ1) is 18.3. The van der Waals surface area contributed by atoms with Gasteiger partial charge in [-0.1, -0.05) is 17.7 Å². The largest absolute Gasteiger partial charge is 0.358 e. The summed E-state index contributed by atoms with van der Waals surface area (Å²) in [5.74, 6) is -0.397. The van der Waals surface area contributed by atoms with Gasteiger partial charge in [0.15, 0.2) is 0 Å². The number of amides is 1. The highest BCUT2D eigenvalue weighted by molar-refractivity contribution is 7.92. The topological polar surface area (TPSA) is 66.5 Å². The standard InChI is InChI=1S/C17H19ClN2O3S/c1-12-4-7-15(10-13(12)2)20(11-17(21)19-3)24(22,23)16-8-5-14(18)6-9-16/h4-10H,11H2,1-3H3,(H,19,21). The number of benzene rings is 2. The molecule has 0 aliphatic rings. The second-order valence-corrected chi connectivity index (χ2v) is 7.71. The molecule has 0 saturated heterocycles. The van der Waals surface area contributed by atoms with Crippen LogP contribution < -0.4 is 9.62 Å². The Kier molecular flexibility index (Phi) is 5.51. The highest BCUT2D eigenvalue weighted by Gasteiger charge is 2.27. The summed E-state index contributed by atoms with van der Waals surface area (Å²) in [4.78, 5) is 11.9. The lowest BCUT2D eigenvalue weighted by atomic mass is 10.1. The van der Waals surface area contributed by atoms with Crippen molar-refractivity contribution in [3.05, 3.63) is 58.6 Å². The third-order valence-corrected chi connectivity index (χ3v) is 5.79. The Labute approximate surface area is 147 Å². The van der Waals surface area contributed by atoms with Gasteiger partial charge in [-0.25, -0.2) is 8.42 Å². The van der Waals surface area contributed by atoms with E-state index in [1.54, 1.807) is 12.1 Å². The zero-order chi connectivity index (χ0) is 17.9. The van der Waals surface area contributed by atoms with E-state index in [9.17, 15) is 13.2 Å². The average molecular weight is 367 g/mol. The Morgan fingerprint density at radius 2 is 1.71 bits per heavy atom. The van der Waals surface area contributed by atoms with Crippen molar-refractivity contribution in [3.63, 3.8) is 0 Å². The molecular weight excluding hydrogens is 348 g/mol. The molecule has 1 N–H and O–H groups in total. The zero-order valence-electron chi connectivity index (χ0n) is 13.7.